The number of aryl methyl sites for hydroxylation is 1. The first-order valence-corrected chi connectivity index (χ1v) is 17.1. The van der Waals surface area contributed by atoms with E-state index in [2.05, 4.69) is 4.98 Å². The van der Waals surface area contributed by atoms with E-state index < -0.39 is 28.3 Å². The number of aliphatic hydroxyl groups excluding tert-OH is 1. The van der Waals surface area contributed by atoms with Crippen LogP contribution in [0.2, 0.25) is 0 Å². The summed E-state index contributed by atoms with van der Waals surface area (Å²) in [4.78, 5) is 54.7. The molecule has 3 heterocycles. The number of nitro groups is 1. The number of benzene rings is 4. The molecule has 3 aromatic carbocycles. The normalized spacial score (nSPS) is 17.4. The number of rotatable bonds is 12. The first kappa shape index (κ1) is 34.5. The lowest BCUT2D eigenvalue weighted by molar-refractivity contribution is -0.384. The van der Waals surface area contributed by atoms with Crippen molar-refractivity contribution in [2.45, 2.75) is 38.5 Å². The van der Waals surface area contributed by atoms with Crippen molar-refractivity contribution in [1.29, 1.82) is 0 Å². The molecule has 1 aliphatic carbocycles. The van der Waals surface area contributed by atoms with Crippen molar-refractivity contribution in [3.05, 3.63) is 139 Å². The zero-order valence-electron chi connectivity index (χ0n) is 27.9. The van der Waals surface area contributed by atoms with Crippen LogP contribution in [0.4, 0.5) is 5.69 Å². The Morgan fingerprint density at radius 2 is 1.83 bits per heavy atom. The van der Waals surface area contributed by atoms with E-state index in [1.807, 2.05) is 25.1 Å². The molecule has 1 N–H and O–H groups in total. The zero-order valence-corrected chi connectivity index (χ0v) is 28.7. The lowest BCUT2D eigenvalue weighted by atomic mass is 9.92. The Bertz CT molecular complexity index is 2300. The van der Waals surface area contributed by atoms with Crippen LogP contribution in [0.1, 0.15) is 23.6 Å². The van der Waals surface area contributed by atoms with Crippen molar-refractivity contribution in [3.63, 3.8) is 0 Å². The monoisotopic (exact) mass is 721 g/mol. The van der Waals surface area contributed by atoms with E-state index in [0.29, 0.717) is 44.5 Å². The highest BCUT2D eigenvalue weighted by Crippen LogP contribution is 2.51. The van der Waals surface area contributed by atoms with Gasteiger partial charge in [-0.3, -0.25) is 24.6 Å². The van der Waals surface area contributed by atoms with Crippen molar-refractivity contribution in [3.8, 4) is 23.0 Å². The molecule has 1 saturated heterocycles. The SMILES string of the molecule is Cc1cc(COc2ccc3nc4ccc(=O)cc-4oc3c2)ccc1OC/C=C/C1=C(C(=O)OCc2ccc([N+](=O)[O-])cc2)N2C(=O)[C@H]([C@@H](C)O)[C@H]2S1. The standard InChI is InChI=1S/C38H31N3O10S/c1-21-16-24(20-49-27-11-13-29-32(18-27)51-31-17-26(43)10-12-28(31)39-29)7-14-30(21)48-15-3-4-33-35(40-36(44)34(22(2)42)37(40)52-33)38(45)50-19-23-5-8-25(9-6-23)41(46)47/h3-14,16-18,22,34,37,42H,15,19-20H2,1-2H3/b4-3+/t22-,34+,37-/m1/s1. The van der Waals surface area contributed by atoms with Gasteiger partial charge in [0.05, 0.1) is 16.9 Å². The van der Waals surface area contributed by atoms with Gasteiger partial charge in [-0.25, -0.2) is 9.78 Å². The molecule has 264 valence electrons. The van der Waals surface area contributed by atoms with Crippen LogP contribution in [0.3, 0.4) is 0 Å². The number of esters is 1. The Hall–Kier alpha value is -5.99. The fourth-order valence-corrected chi connectivity index (χ4v) is 7.48. The summed E-state index contributed by atoms with van der Waals surface area (Å²) < 4.78 is 23.4. The van der Waals surface area contributed by atoms with Gasteiger partial charge in [-0.2, -0.15) is 0 Å². The second kappa shape index (κ2) is 14.3. The quantitative estimate of drug-likeness (QED) is 0.0533. The van der Waals surface area contributed by atoms with Gasteiger partial charge in [0.25, 0.3) is 5.69 Å². The van der Waals surface area contributed by atoms with E-state index in [-0.39, 0.29) is 42.5 Å². The molecule has 3 aromatic rings. The predicted octanol–water partition coefficient (Wildman–Crippen LogP) is 5.89. The molecular weight excluding hydrogens is 690 g/mol. The van der Waals surface area contributed by atoms with Gasteiger partial charge >= 0.3 is 5.97 Å². The molecule has 3 aliphatic heterocycles. The number of β-lactam (4-membered cyclic amide) rings is 1. The Balaban J connectivity index is 0.981. The summed E-state index contributed by atoms with van der Waals surface area (Å²) in [5.74, 6) is -0.107. The van der Waals surface area contributed by atoms with Gasteiger partial charge in [0, 0.05) is 29.2 Å². The van der Waals surface area contributed by atoms with Crippen LogP contribution < -0.4 is 14.9 Å². The number of hydrogen-bond acceptors (Lipinski definition) is 12. The number of non-ortho nitro benzene ring substituents is 1. The van der Waals surface area contributed by atoms with Crippen LogP contribution in [0.15, 0.2) is 111 Å². The topological polar surface area (TPSA) is 172 Å². The molecule has 0 radical (unpaired) electrons. The van der Waals surface area contributed by atoms with E-state index in [4.69, 9.17) is 18.6 Å². The average molecular weight is 722 g/mol. The Kier molecular flexibility index (Phi) is 9.49. The minimum Gasteiger partial charge on any atom is -0.489 e. The lowest BCUT2D eigenvalue weighted by Gasteiger charge is -2.43. The third kappa shape index (κ3) is 6.98. The summed E-state index contributed by atoms with van der Waals surface area (Å²) in [6, 6.07) is 21.2. The molecule has 52 heavy (non-hydrogen) atoms. The number of nitro benzene ring substituents is 1. The van der Waals surface area contributed by atoms with Crippen LogP contribution in [-0.2, 0) is 27.5 Å². The Morgan fingerprint density at radius 1 is 1.04 bits per heavy atom. The highest BCUT2D eigenvalue weighted by molar-refractivity contribution is 8.04. The molecule has 4 aliphatic rings. The Morgan fingerprint density at radius 3 is 2.58 bits per heavy atom. The van der Waals surface area contributed by atoms with Gasteiger partial charge < -0.3 is 23.7 Å². The van der Waals surface area contributed by atoms with Crippen molar-refractivity contribution >= 4 is 40.4 Å². The van der Waals surface area contributed by atoms with E-state index in [1.165, 1.54) is 53.1 Å². The average Bonchev–Trinajstić information content (AvgIpc) is 3.45. The number of ether oxygens (including phenoxy) is 3. The minimum atomic E-state index is -0.892. The predicted molar refractivity (Wildman–Crippen MR) is 190 cm³/mol. The molecule has 14 heteroatoms. The number of nitrogens with zero attached hydrogens (tertiary/aromatic N) is 3. The molecule has 0 aromatic heterocycles. The highest BCUT2D eigenvalue weighted by Gasteiger charge is 2.57. The molecule has 1 amide bonds. The Labute approximate surface area is 300 Å². The molecule has 1 fully saturated rings. The number of aromatic nitrogens is 1. The van der Waals surface area contributed by atoms with Crippen molar-refractivity contribution in [1.82, 2.24) is 9.88 Å². The second-order valence-corrected chi connectivity index (χ2v) is 13.4. The van der Waals surface area contributed by atoms with Gasteiger partial charge in [-0.15, -0.1) is 0 Å². The molecule has 0 spiro atoms. The number of amides is 1. The second-order valence-electron chi connectivity index (χ2n) is 12.3. The van der Waals surface area contributed by atoms with Crippen LogP contribution in [0.25, 0.3) is 22.6 Å². The van der Waals surface area contributed by atoms with Gasteiger partial charge in [-0.05, 0) is 91.2 Å². The van der Waals surface area contributed by atoms with Gasteiger partial charge in [-0.1, -0.05) is 17.8 Å². The minimum absolute atomic E-state index is 0.0805. The van der Waals surface area contributed by atoms with E-state index >= 15 is 0 Å². The first-order valence-electron chi connectivity index (χ1n) is 16.2. The maximum absolute atomic E-state index is 13.3. The van der Waals surface area contributed by atoms with E-state index in [9.17, 15) is 29.6 Å². The van der Waals surface area contributed by atoms with Crippen LogP contribution >= 0.6 is 11.8 Å². The third-order valence-electron chi connectivity index (χ3n) is 8.61. The summed E-state index contributed by atoms with van der Waals surface area (Å²) in [6.07, 6.45) is 2.54. The highest BCUT2D eigenvalue weighted by atomic mass is 32.2. The lowest BCUT2D eigenvalue weighted by Crippen LogP contribution is -2.60. The smallest absolute Gasteiger partial charge is 0.356 e. The number of aliphatic hydroxyl groups is 1. The molecule has 13 nitrogen and oxygen atoms in total. The summed E-state index contributed by atoms with van der Waals surface area (Å²) in [7, 11) is 0. The molecule has 7 rings (SSSR count). The maximum Gasteiger partial charge on any atom is 0.356 e. The summed E-state index contributed by atoms with van der Waals surface area (Å²) in [6.45, 7) is 3.77. The number of hydrogen-bond donors (Lipinski definition) is 1. The number of carbonyl (C=O) groups excluding carboxylic acids is 2. The molecule has 0 saturated carbocycles. The van der Waals surface area contributed by atoms with Gasteiger partial charge in [0.15, 0.2) is 16.8 Å². The van der Waals surface area contributed by atoms with Crippen LogP contribution in [0, 0.1) is 23.0 Å². The molecular formula is C38H31N3O10S. The fourth-order valence-electron chi connectivity index (χ4n) is 5.95. The number of allylic oxidation sites excluding steroid dienone is 1. The van der Waals surface area contributed by atoms with Crippen LogP contribution in [-0.4, -0.2) is 49.9 Å². The van der Waals surface area contributed by atoms with E-state index in [0.717, 1.165) is 11.1 Å². The largest absolute Gasteiger partial charge is 0.489 e. The van der Waals surface area contributed by atoms with Crippen molar-refractivity contribution in [2.24, 2.45) is 5.92 Å². The van der Waals surface area contributed by atoms with Crippen molar-refractivity contribution in [2.75, 3.05) is 6.61 Å². The number of carbonyl (C=O) groups is 2. The molecule has 3 atom stereocenters. The first-order chi connectivity index (χ1) is 25.0. The van der Waals surface area contributed by atoms with Crippen LogP contribution in [0.5, 0.6) is 11.5 Å². The third-order valence-corrected chi connectivity index (χ3v) is 9.94. The fraction of sp³-hybridized carbons (Fsp3) is 0.211. The van der Waals surface area contributed by atoms with Gasteiger partial charge in [0.2, 0.25) is 5.91 Å². The van der Waals surface area contributed by atoms with Gasteiger partial charge in [0.1, 0.15) is 53.6 Å². The zero-order chi connectivity index (χ0) is 36.5. The summed E-state index contributed by atoms with van der Waals surface area (Å²) in [5.41, 5.74) is 3.93. The summed E-state index contributed by atoms with van der Waals surface area (Å²) in [5, 5.41) is 20.7. The maximum atomic E-state index is 13.3. The summed E-state index contributed by atoms with van der Waals surface area (Å²) >= 11 is 1.29. The number of fused-ring (bicyclic) bond motifs is 3. The molecule has 0 unspecified atom stereocenters. The number of thioether (sulfide) groups is 1. The van der Waals surface area contributed by atoms with E-state index in [1.54, 1.807) is 43.3 Å². The van der Waals surface area contributed by atoms with Crippen molar-refractivity contribution < 1.29 is 38.2 Å². The molecule has 0 bridgehead atoms.